The molecule has 0 saturated heterocycles. The highest BCUT2D eigenvalue weighted by Crippen LogP contribution is 2.04. The fraction of sp³-hybridized carbons (Fsp3) is 0.333. The van der Waals surface area contributed by atoms with Crippen molar-refractivity contribution in [3.8, 4) is 0 Å². The Hall–Kier alpha value is -0.915. The molecule has 0 aliphatic heterocycles. The third kappa shape index (κ3) is 2.66. The Kier molecular flexibility index (Phi) is 2.58. The average Bonchev–Trinajstić information content (AvgIpc) is 1.85. The van der Waals surface area contributed by atoms with E-state index in [0.717, 1.165) is 0 Å². The second-order valence-corrected chi connectivity index (χ2v) is 3.17. The van der Waals surface area contributed by atoms with Crippen LogP contribution in [-0.2, 0) is 0 Å². The minimum atomic E-state index is 0.511. The fourth-order valence-electron chi connectivity index (χ4n) is 1.07. The number of hydrogen-bond donors (Lipinski definition) is 1. The number of nitrogens with one attached hydrogen (secondary N) is 1. The van der Waals surface area contributed by atoms with E-state index in [1.165, 1.54) is 11.2 Å². The van der Waals surface area contributed by atoms with E-state index in [4.69, 9.17) is 0 Å². The Balaban J connectivity index is 2.71. The standard InChI is InChI=1S/C9H14BN/c1-7(2)11-9-5-3-4-8(10)6-9/h3-7,11H,10H2,1-2H3. The van der Waals surface area contributed by atoms with Crippen molar-refractivity contribution in [3.05, 3.63) is 24.3 Å². The van der Waals surface area contributed by atoms with Gasteiger partial charge in [-0.15, -0.1) is 0 Å². The Bertz CT molecular complexity index is 233. The molecule has 2 heteroatoms. The molecule has 0 atom stereocenters. The van der Waals surface area contributed by atoms with Gasteiger partial charge >= 0.3 is 0 Å². The zero-order valence-electron chi connectivity index (χ0n) is 7.39. The number of rotatable bonds is 2. The minimum absolute atomic E-state index is 0.511. The zero-order valence-corrected chi connectivity index (χ0v) is 7.39. The van der Waals surface area contributed by atoms with Gasteiger partial charge in [0.15, 0.2) is 0 Å². The molecule has 0 unspecified atom stereocenters. The molecule has 0 spiro atoms. The molecule has 1 rings (SSSR count). The first kappa shape index (κ1) is 8.18. The van der Waals surface area contributed by atoms with Gasteiger partial charge in [-0.25, -0.2) is 0 Å². The van der Waals surface area contributed by atoms with Gasteiger partial charge in [-0.05, 0) is 26.0 Å². The molecule has 0 amide bonds. The van der Waals surface area contributed by atoms with Crippen LogP contribution in [0.25, 0.3) is 0 Å². The van der Waals surface area contributed by atoms with Crippen molar-refractivity contribution in [2.75, 3.05) is 5.32 Å². The van der Waals surface area contributed by atoms with E-state index >= 15 is 0 Å². The molecule has 0 aromatic heterocycles. The lowest BCUT2D eigenvalue weighted by Gasteiger charge is -2.09. The Morgan fingerprint density at radius 2 is 2.09 bits per heavy atom. The molecule has 1 aromatic carbocycles. The van der Waals surface area contributed by atoms with Crippen LogP contribution in [-0.4, -0.2) is 13.9 Å². The van der Waals surface area contributed by atoms with Crippen molar-refractivity contribution in [1.82, 2.24) is 0 Å². The summed E-state index contributed by atoms with van der Waals surface area (Å²) in [5.41, 5.74) is 2.51. The summed E-state index contributed by atoms with van der Waals surface area (Å²) in [6, 6.07) is 8.93. The van der Waals surface area contributed by atoms with Gasteiger partial charge in [0.1, 0.15) is 7.85 Å². The highest BCUT2D eigenvalue weighted by atomic mass is 14.9. The molecule has 1 N–H and O–H groups in total. The average molecular weight is 147 g/mol. The van der Waals surface area contributed by atoms with Crippen molar-refractivity contribution < 1.29 is 0 Å². The lowest BCUT2D eigenvalue weighted by molar-refractivity contribution is 0.900. The lowest BCUT2D eigenvalue weighted by Crippen LogP contribution is -2.11. The van der Waals surface area contributed by atoms with Crippen LogP contribution in [0, 0.1) is 0 Å². The Morgan fingerprint density at radius 1 is 1.36 bits per heavy atom. The van der Waals surface area contributed by atoms with E-state index in [0.29, 0.717) is 6.04 Å². The minimum Gasteiger partial charge on any atom is -0.383 e. The van der Waals surface area contributed by atoms with Crippen molar-refractivity contribution in [2.24, 2.45) is 0 Å². The number of hydrogen-bond acceptors (Lipinski definition) is 1. The maximum absolute atomic E-state index is 3.35. The third-order valence-electron chi connectivity index (χ3n) is 1.47. The zero-order chi connectivity index (χ0) is 8.27. The number of benzene rings is 1. The van der Waals surface area contributed by atoms with E-state index in [1.54, 1.807) is 0 Å². The van der Waals surface area contributed by atoms with Gasteiger partial charge in [0.05, 0.1) is 0 Å². The van der Waals surface area contributed by atoms with Gasteiger partial charge in [-0.1, -0.05) is 17.6 Å². The molecule has 58 valence electrons. The van der Waals surface area contributed by atoms with E-state index in [2.05, 4.69) is 51.3 Å². The van der Waals surface area contributed by atoms with Gasteiger partial charge < -0.3 is 5.32 Å². The molecule has 1 aromatic rings. The van der Waals surface area contributed by atoms with Crippen LogP contribution < -0.4 is 10.8 Å². The summed E-state index contributed by atoms with van der Waals surface area (Å²) in [7, 11) is 2.10. The predicted molar refractivity (Wildman–Crippen MR) is 53.4 cm³/mol. The summed E-state index contributed by atoms with van der Waals surface area (Å²) in [6.45, 7) is 4.28. The van der Waals surface area contributed by atoms with Gasteiger partial charge in [0, 0.05) is 11.7 Å². The molecule has 0 fully saturated rings. The molecular weight excluding hydrogens is 133 g/mol. The predicted octanol–water partition coefficient (Wildman–Crippen LogP) is 0.765. The quantitative estimate of drug-likeness (QED) is 0.609. The lowest BCUT2D eigenvalue weighted by atomic mass is 9.96. The first-order valence-electron chi connectivity index (χ1n) is 4.01. The van der Waals surface area contributed by atoms with Crippen LogP contribution in [0.4, 0.5) is 5.69 Å². The van der Waals surface area contributed by atoms with Gasteiger partial charge in [0.25, 0.3) is 0 Å². The van der Waals surface area contributed by atoms with Gasteiger partial charge in [-0.2, -0.15) is 0 Å². The molecule has 0 heterocycles. The van der Waals surface area contributed by atoms with Crippen molar-refractivity contribution in [2.45, 2.75) is 19.9 Å². The molecular formula is C9H14BN. The number of anilines is 1. The monoisotopic (exact) mass is 147 g/mol. The van der Waals surface area contributed by atoms with E-state index in [-0.39, 0.29) is 0 Å². The SMILES string of the molecule is Bc1cccc(NC(C)C)c1. The van der Waals surface area contributed by atoms with Crippen LogP contribution in [0.3, 0.4) is 0 Å². The molecule has 0 radical (unpaired) electrons. The van der Waals surface area contributed by atoms with Crippen molar-refractivity contribution in [3.63, 3.8) is 0 Å². The Labute approximate surface area is 69.2 Å². The first-order valence-corrected chi connectivity index (χ1v) is 4.01. The molecule has 0 aliphatic carbocycles. The second kappa shape index (κ2) is 3.47. The second-order valence-electron chi connectivity index (χ2n) is 3.17. The van der Waals surface area contributed by atoms with Gasteiger partial charge in [-0.3, -0.25) is 0 Å². The molecule has 11 heavy (non-hydrogen) atoms. The molecule has 1 nitrogen and oxygen atoms in total. The molecule has 0 bridgehead atoms. The third-order valence-corrected chi connectivity index (χ3v) is 1.47. The smallest absolute Gasteiger partial charge is 0.139 e. The van der Waals surface area contributed by atoms with Crippen LogP contribution in [0.2, 0.25) is 0 Å². The maximum atomic E-state index is 3.35. The van der Waals surface area contributed by atoms with Gasteiger partial charge in [0.2, 0.25) is 0 Å². The van der Waals surface area contributed by atoms with E-state index in [9.17, 15) is 0 Å². The van der Waals surface area contributed by atoms with Crippen molar-refractivity contribution in [1.29, 1.82) is 0 Å². The van der Waals surface area contributed by atoms with E-state index in [1.807, 2.05) is 0 Å². The Morgan fingerprint density at radius 3 is 2.64 bits per heavy atom. The molecule has 0 saturated carbocycles. The summed E-state index contributed by atoms with van der Waals surface area (Å²) in [5.74, 6) is 0. The van der Waals surface area contributed by atoms with Crippen molar-refractivity contribution >= 4 is 19.0 Å². The van der Waals surface area contributed by atoms with Crippen LogP contribution in [0.15, 0.2) is 24.3 Å². The molecule has 0 aliphatic rings. The first-order chi connectivity index (χ1) is 5.18. The van der Waals surface area contributed by atoms with E-state index < -0.39 is 0 Å². The summed E-state index contributed by atoms with van der Waals surface area (Å²) in [4.78, 5) is 0. The normalized spacial score (nSPS) is 10.1. The summed E-state index contributed by atoms with van der Waals surface area (Å²) in [5, 5.41) is 3.35. The van der Waals surface area contributed by atoms with Crippen LogP contribution in [0.5, 0.6) is 0 Å². The van der Waals surface area contributed by atoms with Crippen LogP contribution in [0.1, 0.15) is 13.8 Å². The maximum Gasteiger partial charge on any atom is 0.139 e. The summed E-state index contributed by atoms with van der Waals surface area (Å²) < 4.78 is 0. The summed E-state index contributed by atoms with van der Waals surface area (Å²) >= 11 is 0. The largest absolute Gasteiger partial charge is 0.383 e. The highest BCUT2D eigenvalue weighted by Gasteiger charge is 1.93. The van der Waals surface area contributed by atoms with Crippen LogP contribution >= 0.6 is 0 Å². The summed E-state index contributed by atoms with van der Waals surface area (Å²) in [6.07, 6.45) is 0. The topological polar surface area (TPSA) is 12.0 Å². The fourth-order valence-corrected chi connectivity index (χ4v) is 1.07. The highest BCUT2D eigenvalue weighted by molar-refractivity contribution is 6.32.